The van der Waals surface area contributed by atoms with E-state index in [1.54, 1.807) is 0 Å². The van der Waals surface area contributed by atoms with Crippen LogP contribution in [0.1, 0.15) is 16.1 Å². The maximum atomic E-state index is 12.7. The third kappa shape index (κ3) is 3.56. The van der Waals surface area contributed by atoms with Crippen LogP contribution in [0.2, 0.25) is 0 Å². The molecule has 25 heavy (non-hydrogen) atoms. The number of hydrogen-bond acceptors (Lipinski definition) is 4. The number of thiazole rings is 1. The number of rotatable bonds is 3. The largest absolute Gasteiger partial charge is 0.464 e. The molecule has 0 amide bonds. The standard InChI is InChI=1S/C18H12F3NO2S/c1-24-17(23)14-15(11-5-3-2-4-6-11)25-16(22-14)12-7-9-13(10-8-12)18(19,20)21/h2-10H,1H3. The molecule has 3 rings (SSSR count). The summed E-state index contributed by atoms with van der Waals surface area (Å²) >= 11 is 1.23. The molecule has 0 unspecified atom stereocenters. The van der Waals surface area contributed by atoms with Crippen molar-refractivity contribution in [1.82, 2.24) is 4.98 Å². The number of methoxy groups -OCH3 is 1. The average molecular weight is 363 g/mol. The third-order valence-electron chi connectivity index (χ3n) is 3.50. The molecule has 0 saturated heterocycles. The Morgan fingerprint density at radius 2 is 1.64 bits per heavy atom. The minimum atomic E-state index is -4.40. The number of benzene rings is 2. The van der Waals surface area contributed by atoms with Gasteiger partial charge in [0.15, 0.2) is 5.69 Å². The fraction of sp³-hybridized carbons (Fsp3) is 0.111. The first-order chi connectivity index (χ1) is 11.9. The van der Waals surface area contributed by atoms with Gasteiger partial charge in [0, 0.05) is 5.56 Å². The summed E-state index contributed by atoms with van der Waals surface area (Å²) < 4.78 is 42.8. The Morgan fingerprint density at radius 1 is 1.00 bits per heavy atom. The van der Waals surface area contributed by atoms with Crippen LogP contribution in [0.4, 0.5) is 13.2 Å². The van der Waals surface area contributed by atoms with Gasteiger partial charge >= 0.3 is 12.1 Å². The van der Waals surface area contributed by atoms with E-state index in [1.807, 2.05) is 30.3 Å². The predicted molar refractivity (Wildman–Crippen MR) is 89.3 cm³/mol. The average Bonchev–Trinajstić information content (AvgIpc) is 3.06. The van der Waals surface area contributed by atoms with Crippen LogP contribution in [0.25, 0.3) is 21.0 Å². The lowest BCUT2D eigenvalue weighted by Gasteiger charge is -2.06. The minimum absolute atomic E-state index is 0.147. The first-order valence-corrected chi connectivity index (χ1v) is 8.04. The number of nitrogens with zero attached hydrogens (tertiary/aromatic N) is 1. The highest BCUT2D eigenvalue weighted by Crippen LogP contribution is 2.37. The maximum Gasteiger partial charge on any atom is 0.416 e. The molecule has 3 nitrogen and oxygen atoms in total. The van der Waals surface area contributed by atoms with Gasteiger partial charge in [-0.15, -0.1) is 11.3 Å². The molecule has 7 heteroatoms. The van der Waals surface area contributed by atoms with E-state index in [1.165, 1.54) is 30.6 Å². The molecular formula is C18H12F3NO2S. The Kier molecular flexibility index (Phi) is 4.59. The molecule has 1 heterocycles. The number of halogens is 3. The van der Waals surface area contributed by atoms with Gasteiger partial charge in [0.05, 0.1) is 17.6 Å². The Bertz CT molecular complexity index is 887. The summed E-state index contributed by atoms with van der Waals surface area (Å²) in [6.07, 6.45) is -4.40. The predicted octanol–water partition coefficient (Wildman–Crippen LogP) is 5.28. The highest BCUT2D eigenvalue weighted by Gasteiger charge is 2.30. The third-order valence-corrected chi connectivity index (χ3v) is 4.65. The number of carbonyl (C=O) groups is 1. The zero-order valence-electron chi connectivity index (χ0n) is 13.0. The molecule has 3 aromatic rings. The number of alkyl halides is 3. The van der Waals surface area contributed by atoms with Gasteiger partial charge in [0.2, 0.25) is 0 Å². The topological polar surface area (TPSA) is 39.2 Å². The Hall–Kier alpha value is -2.67. The molecule has 0 spiro atoms. The quantitative estimate of drug-likeness (QED) is 0.594. The van der Waals surface area contributed by atoms with Crippen molar-refractivity contribution in [2.45, 2.75) is 6.18 Å². The molecule has 0 fully saturated rings. The van der Waals surface area contributed by atoms with Crippen LogP contribution in [0.3, 0.4) is 0 Å². The second-order valence-electron chi connectivity index (χ2n) is 5.13. The van der Waals surface area contributed by atoms with Gasteiger partial charge in [-0.05, 0) is 17.7 Å². The van der Waals surface area contributed by atoms with Crippen molar-refractivity contribution in [3.8, 4) is 21.0 Å². The minimum Gasteiger partial charge on any atom is -0.464 e. The van der Waals surface area contributed by atoms with E-state index in [-0.39, 0.29) is 5.69 Å². The van der Waals surface area contributed by atoms with Crippen LogP contribution < -0.4 is 0 Å². The van der Waals surface area contributed by atoms with Crippen LogP contribution in [0.5, 0.6) is 0 Å². The molecule has 0 N–H and O–H groups in total. The summed E-state index contributed by atoms with van der Waals surface area (Å²) in [6, 6.07) is 13.8. The van der Waals surface area contributed by atoms with E-state index < -0.39 is 17.7 Å². The van der Waals surface area contributed by atoms with Gasteiger partial charge in [0.25, 0.3) is 0 Å². The lowest BCUT2D eigenvalue weighted by Crippen LogP contribution is -2.04. The molecule has 1 aromatic heterocycles. The zero-order chi connectivity index (χ0) is 18.0. The van der Waals surface area contributed by atoms with Crippen LogP contribution >= 0.6 is 11.3 Å². The second kappa shape index (κ2) is 6.68. The molecule has 2 aromatic carbocycles. The molecule has 0 saturated carbocycles. The number of carbonyl (C=O) groups excluding carboxylic acids is 1. The van der Waals surface area contributed by atoms with Gasteiger partial charge < -0.3 is 4.74 Å². The van der Waals surface area contributed by atoms with Crippen molar-refractivity contribution in [3.05, 3.63) is 65.9 Å². The van der Waals surface area contributed by atoms with E-state index in [2.05, 4.69) is 4.98 Å². The molecule has 0 bridgehead atoms. The van der Waals surface area contributed by atoms with Crippen LogP contribution in [0, 0.1) is 0 Å². The first-order valence-electron chi connectivity index (χ1n) is 7.22. The second-order valence-corrected chi connectivity index (χ2v) is 6.13. The highest BCUT2D eigenvalue weighted by atomic mass is 32.1. The molecule has 0 aliphatic heterocycles. The number of ether oxygens (including phenoxy) is 1. The summed E-state index contributed by atoms with van der Waals surface area (Å²) in [5, 5.41) is 0.452. The number of aromatic nitrogens is 1. The van der Waals surface area contributed by atoms with Crippen LogP contribution in [-0.4, -0.2) is 18.1 Å². The summed E-state index contributed by atoms with van der Waals surface area (Å²) in [6.45, 7) is 0. The Labute approximate surface area is 145 Å². The van der Waals surface area contributed by atoms with E-state index in [9.17, 15) is 18.0 Å². The smallest absolute Gasteiger partial charge is 0.416 e. The molecule has 128 valence electrons. The van der Waals surface area contributed by atoms with Crippen molar-refractivity contribution >= 4 is 17.3 Å². The molecular weight excluding hydrogens is 351 g/mol. The first kappa shape index (κ1) is 17.2. The van der Waals surface area contributed by atoms with Gasteiger partial charge in [-0.25, -0.2) is 9.78 Å². The molecule has 0 aliphatic rings. The fourth-order valence-electron chi connectivity index (χ4n) is 2.27. The summed E-state index contributed by atoms with van der Waals surface area (Å²) in [7, 11) is 1.26. The maximum absolute atomic E-state index is 12.7. The van der Waals surface area contributed by atoms with Gasteiger partial charge in [0.1, 0.15) is 5.01 Å². The lowest BCUT2D eigenvalue weighted by atomic mass is 10.1. The fourth-order valence-corrected chi connectivity index (χ4v) is 3.33. The lowest BCUT2D eigenvalue weighted by molar-refractivity contribution is -0.137. The van der Waals surface area contributed by atoms with E-state index in [0.29, 0.717) is 15.4 Å². The summed E-state index contributed by atoms with van der Waals surface area (Å²) in [5.41, 5.74) is 0.710. The van der Waals surface area contributed by atoms with Crippen molar-refractivity contribution < 1.29 is 22.7 Å². The number of hydrogen-bond donors (Lipinski definition) is 0. The number of esters is 1. The normalized spacial score (nSPS) is 11.4. The zero-order valence-corrected chi connectivity index (χ0v) is 13.8. The monoisotopic (exact) mass is 363 g/mol. The Morgan fingerprint density at radius 3 is 2.20 bits per heavy atom. The Balaban J connectivity index is 2.06. The van der Waals surface area contributed by atoms with E-state index in [4.69, 9.17) is 4.74 Å². The van der Waals surface area contributed by atoms with Crippen molar-refractivity contribution in [2.24, 2.45) is 0 Å². The van der Waals surface area contributed by atoms with Crippen LogP contribution in [-0.2, 0) is 10.9 Å². The molecule has 0 atom stereocenters. The highest BCUT2D eigenvalue weighted by molar-refractivity contribution is 7.18. The molecule has 0 radical (unpaired) electrons. The summed E-state index contributed by atoms with van der Waals surface area (Å²) in [5.74, 6) is -0.590. The van der Waals surface area contributed by atoms with Gasteiger partial charge in [-0.3, -0.25) is 0 Å². The van der Waals surface area contributed by atoms with Crippen molar-refractivity contribution in [3.63, 3.8) is 0 Å². The van der Waals surface area contributed by atoms with Gasteiger partial charge in [-0.1, -0.05) is 42.5 Å². The van der Waals surface area contributed by atoms with E-state index >= 15 is 0 Å². The summed E-state index contributed by atoms with van der Waals surface area (Å²) in [4.78, 5) is 16.9. The van der Waals surface area contributed by atoms with Crippen LogP contribution in [0.15, 0.2) is 54.6 Å². The van der Waals surface area contributed by atoms with Gasteiger partial charge in [-0.2, -0.15) is 13.2 Å². The SMILES string of the molecule is COC(=O)c1nc(-c2ccc(C(F)(F)F)cc2)sc1-c1ccccc1. The van der Waals surface area contributed by atoms with Crippen molar-refractivity contribution in [2.75, 3.05) is 7.11 Å². The van der Waals surface area contributed by atoms with Crippen molar-refractivity contribution in [1.29, 1.82) is 0 Å². The molecule has 0 aliphatic carbocycles. The van der Waals surface area contributed by atoms with E-state index in [0.717, 1.165) is 17.7 Å².